The molecule has 0 aromatic rings. The number of aliphatic carboxylic acids is 1. The summed E-state index contributed by atoms with van der Waals surface area (Å²) in [5, 5.41) is 11.6. The molecule has 0 radical (unpaired) electrons. The van der Waals surface area contributed by atoms with Crippen LogP contribution in [0.15, 0.2) is 0 Å². The number of carbonyl (C=O) groups excluding carboxylic acids is 2. The van der Waals surface area contributed by atoms with Crippen molar-refractivity contribution in [3.8, 4) is 0 Å². The summed E-state index contributed by atoms with van der Waals surface area (Å²) < 4.78 is 5.11. The van der Waals surface area contributed by atoms with Gasteiger partial charge in [0.1, 0.15) is 11.6 Å². The number of hydrogen-bond donors (Lipinski definition) is 2. The maximum Gasteiger partial charge on any atom is 0.326 e. The van der Waals surface area contributed by atoms with E-state index in [4.69, 9.17) is 4.74 Å². The summed E-state index contributed by atoms with van der Waals surface area (Å²) in [5.74, 6) is -2.18. The Kier molecular flexibility index (Phi) is 13.6. The van der Waals surface area contributed by atoms with E-state index in [9.17, 15) is 19.5 Å². The van der Waals surface area contributed by atoms with E-state index in [0.717, 1.165) is 19.3 Å². The Morgan fingerprint density at radius 1 is 0.889 bits per heavy atom. The lowest BCUT2D eigenvalue weighted by Crippen LogP contribution is -2.43. The Morgan fingerprint density at radius 3 is 1.81 bits per heavy atom. The van der Waals surface area contributed by atoms with Crippen molar-refractivity contribution in [3.63, 3.8) is 0 Å². The van der Waals surface area contributed by atoms with Gasteiger partial charge in [0.15, 0.2) is 0 Å². The van der Waals surface area contributed by atoms with Crippen LogP contribution in [0.1, 0.15) is 105 Å². The molecule has 2 N–H and O–H groups in total. The molecule has 0 aromatic carbocycles. The van der Waals surface area contributed by atoms with E-state index in [1.165, 1.54) is 44.9 Å². The molecule has 158 valence electrons. The number of ether oxygens (including phenoxy) is 1. The van der Waals surface area contributed by atoms with Crippen LogP contribution in [0.3, 0.4) is 0 Å². The molecule has 0 bridgehead atoms. The van der Waals surface area contributed by atoms with E-state index in [1.54, 1.807) is 20.8 Å². The third-order valence-electron chi connectivity index (χ3n) is 4.18. The van der Waals surface area contributed by atoms with Gasteiger partial charge in [-0.05, 0) is 27.2 Å². The Morgan fingerprint density at radius 2 is 1.37 bits per heavy atom. The summed E-state index contributed by atoms with van der Waals surface area (Å²) in [6, 6.07) is -1.24. The zero-order chi connectivity index (χ0) is 20.7. The molecule has 27 heavy (non-hydrogen) atoms. The number of carbonyl (C=O) groups is 3. The number of carboxylic acid groups (broad SMARTS) is 1. The van der Waals surface area contributed by atoms with E-state index in [1.807, 2.05) is 0 Å². The van der Waals surface area contributed by atoms with E-state index in [2.05, 4.69) is 12.2 Å². The van der Waals surface area contributed by atoms with Crippen molar-refractivity contribution < 1.29 is 24.2 Å². The van der Waals surface area contributed by atoms with E-state index in [-0.39, 0.29) is 18.7 Å². The fraction of sp³-hybridized carbons (Fsp3) is 0.857. The summed E-state index contributed by atoms with van der Waals surface area (Å²) in [6.45, 7) is 7.35. The summed E-state index contributed by atoms with van der Waals surface area (Å²) in [7, 11) is 0. The number of hydrogen-bond acceptors (Lipinski definition) is 4. The second-order valence-corrected chi connectivity index (χ2v) is 8.18. The zero-order valence-corrected chi connectivity index (χ0v) is 17.6. The minimum absolute atomic E-state index is 0.286. The van der Waals surface area contributed by atoms with E-state index >= 15 is 0 Å². The Hall–Kier alpha value is -1.59. The predicted octanol–water partition coefficient (Wildman–Crippen LogP) is 4.60. The van der Waals surface area contributed by atoms with Crippen LogP contribution < -0.4 is 5.32 Å². The SMILES string of the molecule is CCCCCCCCCCCCC(=O)N[C@@H](CC(=O)OC(C)(C)C)C(=O)O. The van der Waals surface area contributed by atoms with Crippen molar-refractivity contribution in [1.29, 1.82) is 0 Å². The van der Waals surface area contributed by atoms with Crippen LogP contribution in [0.25, 0.3) is 0 Å². The minimum atomic E-state index is -1.24. The summed E-state index contributed by atoms with van der Waals surface area (Å²) >= 11 is 0. The van der Waals surface area contributed by atoms with Gasteiger partial charge in [0.05, 0.1) is 6.42 Å². The first-order valence-corrected chi connectivity index (χ1v) is 10.4. The normalized spacial score (nSPS) is 12.4. The van der Waals surface area contributed by atoms with Crippen molar-refractivity contribution in [2.75, 3.05) is 0 Å². The van der Waals surface area contributed by atoms with Gasteiger partial charge >= 0.3 is 11.9 Å². The standard InChI is InChI=1S/C21H39NO5/c1-5-6-7-8-9-10-11-12-13-14-15-18(23)22-17(20(25)26)16-19(24)27-21(2,3)4/h17H,5-16H2,1-4H3,(H,22,23)(H,25,26)/t17-/m0/s1. The second kappa shape index (κ2) is 14.5. The van der Waals surface area contributed by atoms with Gasteiger partial charge in [-0.1, -0.05) is 64.7 Å². The third kappa shape index (κ3) is 16.3. The zero-order valence-electron chi connectivity index (χ0n) is 17.6. The van der Waals surface area contributed by atoms with Crippen LogP contribution in [-0.2, 0) is 19.1 Å². The minimum Gasteiger partial charge on any atom is -0.480 e. The lowest BCUT2D eigenvalue weighted by molar-refractivity contribution is -0.158. The molecule has 0 fully saturated rings. The molecule has 0 aliphatic rings. The lowest BCUT2D eigenvalue weighted by Gasteiger charge is -2.21. The third-order valence-corrected chi connectivity index (χ3v) is 4.18. The molecule has 0 aliphatic heterocycles. The highest BCUT2D eigenvalue weighted by Gasteiger charge is 2.26. The highest BCUT2D eigenvalue weighted by atomic mass is 16.6. The molecule has 0 aliphatic carbocycles. The van der Waals surface area contributed by atoms with Crippen LogP contribution in [-0.4, -0.2) is 34.6 Å². The molecule has 0 unspecified atom stereocenters. The predicted molar refractivity (Wildman–Crippen MR) is 106 cm³/mol. The van der Waals surface area contributed by atoms with Crippen molar-refractivity contribution >= 4 is 17.8 Å². The van der Waals surface area contributed by atoms with Gasteiger partial charge in [-0.15, -0.1) is 0 Å². The molecule has 0 aromatic heterocycles. The first kappa shape index (κ1) is 25.4. The quantitative estimate of drug-likeness (QED) is 0.317. The molecule has 0 rings (SSSR count). The largest absolute Gasteiger partial charge is 0.480 e. The molecule has 1 amide bonds. The van der Waals surface area contributed by atoms with Gasteiger partial charge < -0.3 is 15.2 Å². The first-order chi connectivity index (χ1) is 12.7. The number of unbranched alkanes of at least 4 members (excludes halogenated alkanes) is 9. The number of rotatable bonds is 15. The Bertz CT molecular complexity index is 442. The van der Waals surface area contributed by atoms with Crippen LogP contribution in [0.2, 0.25) is 0 Å². The van der Waals surface area contributed by atoms with Crippen LogP contribution in [0.4, 0.5) is 0 Å². The monoisotopic (exact) mass is 385 g/mol. The number of carboxylic acids is 1. The van der Waals surface area contributed by atoms with E-state index < -0.39 is 23.6 Å². The Balaban J connectivity index is 3.89. The molecular weight excluding hydrogens is 346 g/mol. The van der Waals surface area contributed by atoms with Gasteiger partial charge in [0.25, 0.3) is 0 Å². The summed E-state index contributed by atoms with van der Waals surface area (Å²) in [5.41, 5.74) is -0.680. The second-order valence-electron chi connectivity index (χ2n) is 8.18. The average molecular weight is 386 g/mol. The number of amides is 1. The lowest BCUT2D eigenvalue weighted by atomic mass is 10.1. The maximum absolute atomic E-state index is 11.9. The number of esters is 1. The van der Waals surface area contributed by atoms with Gasteiger partial charge in [-0.3, -0.25) is 9.59 Å². The van der Waals surface area contributed by atoms with Gasteiger partial charge in [0, 0.05) is 6.42 Å². The molecule has 0 saturated carbocycles. The fourth-order valence-corrected chi connectivity index (χ4v) is 2.79. The topological polar surface area (TPSA) is 92.7 Å². The molecule has 0 spiro atoms. The highest BCUT2D eigenvalue weighted by molar-refractivity contribution is 5.87. The van der Waals surface area contributed by atoms with Crippen molar-refractivity contribution in [1.82, 2.24) is 5.32 Å². The highest BCUT2D eigenvalue weighted by Crippen LogP contribution is 2.12. The maximum atomic E-state index is 11.9. The first-order valence-electron chi connectivity index (χ1n) is 10.4. The molecule has 6 nitrogen and oxygen atoms in total. The summed E-state index contributed by atoms with van der Waals surface area (Å²) in [4.78, 5) is 35.0. The molecule has 0 heterocycles. The molecule has 1 atom stereocenters. The average Bonchev–Trinajstić information content (AvgIpc) is 2.54. The molecular formula is C21H39NO5. The van der Waals surface area contributed by atoms with Crippen molar-refractivity contribution in [2.24, 2.45) is 0 Å². The van der Waals surface area contributed by atoms with Gasteiger partial charge in [-0.25, -0.2) is 4.79 Å². The van der Waals surface area contributed by atoms with Gasteiger partial charge in [0.2, 0.25) is 5.91 Å². The Labute approximate surface area is 164 Å². The molecule has 0 saturated heterocycles. The van der Waals surface area contributed by atoms with Crippen LogP contribution in [0, 0.1) is 0 Å². The molecule has 6 heteroatoms. The van der Waals surface area contributed by atoms with Gasteiger partial charge in [-0.2, -0.15) is 0 Å². The summed E-state index contributed by atoms with van der Waals surface area (Å²) in [6.07, 6.45) is 11.7. The smallest absolute Gasteiger partial charge is 0.326 e. The van der Waals surface area contributed by atoms with Crippen molar-refractivity contribution in [3.05, 3.63) is 0 Å². The van der Waals surface area contributed by atoms with Crippen LogP contribution in [0.5, 0.6) is 0 Å². The fourth-order valence-electron chi connectivity index (χ4n) is 2.79. The van der Waals surface area contributed by atoms with Crippen molar-refractivity contribution in [2.45, 2.75) is 116 Å². The number of nitrogens with one attached hydrogen (secondary N) is 1. The van der Waals surface area contributed by atoms with Crippen LogP contribution >= 0.6 is 0 Å². The van der Waals surface area contributed by atoms with E-state index in [0.29, 0.717) is 0 Å².